The topological polar surface area (TPSA) is 64.7 Å². The van der Waals surface area contributed by atoms with Crippen LogP contribution in [-0.2, 0) is 9.63 Å². The van der Waals surface area contributed by atoms with Crippen molar-refractivity contribution in [1.29, 1.82) is 0 Å². The molecule has 0 spiro atoms. The summed E-state index contributed by atoms with van der Waals surface area (Å²) in [5.74, 6) is -0.603. The zero-order valence-electron chi connectivity index (χ0n) is 11.9. The normalized spacial score (nSPS) is 12.7. The van der Waals surface area contributed by atoms with Gasteiger partial charge in [0.15, 0.2) is 5.71 Å². The van der Waals surface area contributed by atoms with Crippen LogP contribution >= 0.6 is 0 Å². The van der Waals surface area contributed by atoms with Gasteiger partial charge in [0.1, 0.15) is 7.11 Å². The molecule has 4 heteroatoms. The van der Waals surface area contributed by atoms with Crippen molar-refractivity contribution in [3.8, 4) is 0 Å². The van der Waals surface area contributed by atoms with Gasteiger partial charge in [-0.25, -0.2) is 0 Å². The SMILES string of the molecule is CCCC(C=Cc1ccccc1)=CC(=NOC)C(N)=O. The molecule has 0 saturated heterocycles. The summed E-state index contributed by atoms with van der Waals surface area (Å²) in [4.78, 5) is 15.9. The summed E-state index contributed by atoms with van der Waals surface area (Å²) in [5, 5.41) is 3.63. The highest BCUT2D eigenvalue weighted by Gasteiger charge is 2.05. The van der Waals surface area contributed by atoms with E-state index in [1.165, 1.54) is 7.11 Å². The third-order valence-electron chi connectivity index (χ3n) is 2.59. The van der Waals surface area contributed by atoms with Gasteiger partial charge in [-0.15, -0.1) is 0 Å². The second kappa shape index (κ2) is 8.69. The van der Waals surface area contributed by atoms with Gasteiger partial charge in [-0.2, -0.15) is 0 Å². The van der Waals surface area contributed by atoms with Crippen LogP contribution in [0.15, 0.2) is 53.2 Å². The number of oxime groups is 1. The Morgan fingerprint density at radius 3 is 2.60 bits per heavy atom. The predicted molar refractivity (Wildman–Crippen MR) is 82.1 cm³/mol. The molecule has 1 aromatic rings. The molecule has 1 aromatic carbocycles. The Bertz CT molecular complexity index is 517. The van der Waals surface area contributed by atoms with E-state index in [-0.39, 0.29) is 5.71 Å². The van der Waals surface area contributed by atoms with Crippen molar-refractivity contribution in [2.24, 2.45) is 10.9 Å². The minimum Gasteiger partial charge on any atom is -0.398 e. The number of allylic oxidation sites excluding steroid dienone is 2. The second-order valence-corrected chi connectivity index (χ2v) is 4.24. The number of rotatable bonds is 7. The van der Waals surface area contributed by atoms with E-state index in [2.05, 4.69) is 16.9 Å². The standard InChI is InChI=1S/C16H20N2O2/c1-3-7-14(12-15(16(17)19)18-20-2)11-10-13-8-5-4-6-9-13/h4-6,8-12H,3,7H2,1-2H3,(H2,17,19). The van der Waals surface area contributed by atoms with Gasteiger partial charge in [-0.05, 0) is 23.6 Å². The number of amides is 1. The zero-order valence-corrected chi connectivity index (χ0v) is 11.9. The molecule has 0 aliphatic rings. The first-order valence-electron chi connectivity index (χ1n) is 6.52. The van der Waals surface area contributed by atoms with Crippen LogP contribution in [0.25, 0.3) is 6.08 Å². The zero-order chi connectivity index (χ0) is 14.8. The van der Waals surface area contributed by atoms with E-state index in [0.717, 1.165) is 24.0 Å². The first-order chi connectivity index (χ1) is 9.67. The fourth-order valence-corrected chi connectivity index (χ4v) is 1.68. The molecule has 1 rings (SSSR count). The number of nitrogens with zero attached hydrogens (tertiary/aromatic N) is 1. The lowest BCUT2D eigenvalue weighted by molar-refractivity contribution is -0.112. The van der Waals surface area contributed by atoms with Gasteiger partial charge < -0.3 is 10.6 Å². The van der Waals surface area contributed by atoms with Gasteiger partial charge in [-0.1, -0.05) is 61.0 Å². The van der Waals surface area contributed by atoms with Crippen molar-refractivity contribution in [3.63, 3.8) is 0 Å². The number of hydrogen-bond donors (Lipinski definition) is 1. The molecule has 0 radical (unpaired) electrons. The molecule has 4 nitrogen and oxygen atoms in total. The molecular formula is C16H20N2O2. The number of carbonyl (C=O) groups is 1. The fraction of sp³-hybridized carbons (Fsp3) is 0.250. The molecule has 0 aliphatic heterocycles. The average Bonchev–Trinajstić information content (AvgIpc) is 2.45. The Balaban J connectivity index is 2.96. The molecule has 0 unspecified atom stereocenters. The minimum atomic E-state index is -0.603. The van der Waals surface area contributed by atoms with Crippen LogP contribution in [-0.4, -0.2) is 18.7 Å². The summed E-state index contributed by atoms with van der Waals surface area (Å²) in [7, 11) is 1.39. The van der Waals surface area contributed by atoms with Crippen LogP contribution in [0.2, 0.25) is 0 Å². The summed E-state index contributed by atoms with van der Waals surface area (Å²) >= 11 is 0. The van der Waals surface area contributed by atoms with E-state index in [0.29, 0.717) is 0 Å². The van der Waals surface area contributed by atoms with Crippen molar-refractivity contribution < 1.29 is 9.63 Å². The lowest BCUT2D eigenvalue weighted by Crippen LogP contribution is -2.22. The Hall–Kier alpha value is -2.36. The monoisotopic (exact) mass is 272 g/mol. The van der Waals surface area contributed by atoms with Crippen molar-refractivity contribution >= 4 is 17.7 Å². The highest BCUT2D eigenvalue weighted by molar-refractivity contribution is 6.42. The lowest BCUT2D eigenvalue weighted by atomic mass is 10.1. The highest BCUT2D eigenvalue weighted by atomic mass is 16.6. The average molecular weight is 272 g/mol. The number of carbonyl (C=O) groups excluding carboxylic acids is 1. The van der Waals surface area contributed by atoms with E-state index >= 15 is 0 Å². The molecule has 2 N–H and O–H groups in total. The van der Waals surface area contributed by atoms with Gasteiger partial charge in [0.05, 0.1) is 0 Å². The number of benzene rings is 1. The summed E-state index contributed by atoms with van der Waals surface area (Å²) in [6.45, 7) is 2.07. The second-order valence-electron chi connectivity index (χ2n) is 4.24. The van der Waals surface area contributed by atoms with Crippen LogP contribution in [0, 0.1) is 0 Å². The maximum Gasteiger partial charge on any atom is 0.270 e. The number of hydrogen-bond acceptors (Lipinski definition) is 3. The van der Waals surface area contributed by atoms with E-state index < -0.39 is 5.91 Å². The first-order valence-corrected chi connectivity index (χ1v) is 6.52. The Labute approximate surface area is 119 Å². The van der Waals surface area contributed by atoms with Gasteiger partial charge >= 0.3 is 0 Å². The van der Waals surface area contributed by atoms with Gasteiger partial charge in [0.25, 0.3) is 5.91 Å². The van der Waals surface area contributed by atoms with Crippen LogP contribution in [0.5, 0.6) is 0 Å². The molecule has 0 bridgehead atoms. The molecule has 20 heavy (non-hydrogen) atoms. The molecule has 0 heterocycles. The fourth-order valence-electron chi connectivity index (χ4n) is 1.68. The predicted octanol–water partition coefficient (Wildman–Crippen LogP) is 2.91. The maximum atomic E-state index is 11.2. The Morgan fingerprint density at radius 2 is 2.05 bits per heavy atom. The highest BCUT2D eigenvalue weighted by Crippen LogP contribution is 2.11. The van der Waals surface area contributed by atoms with Crippen LogP contribution in [0.4, 0.5) is 0 Å². The molecule has 1 amide bonds. The van der Waals surface area contributed by atoms with E-state index in [1.807, 2.05) is 42.5 Å². The molecular weight excluding hydrogens is 252 g/mol. The van der Waals surface area contributed by atoms with E-state index in [4.69, 9.17) is 5.73 Å². The third-order valence-corrected chi connectivity index (χ3v) is 2.59. The van der Waals surface area contributed by atoms with Crippen molar-refractivity contribution in [1.82, 2.24) is 0 Å². The molecule has 0 atom stereocenters. The van der Waals surface area contributed by atoms with E-state index in [9.17, 15) is 4.79 Å². The summed E-state index contributed by atoms with van der Waals surface area (Å²) in [6.07, 6.45) is 7.41. The molecule has 0 aliphatic carbocycles. The van der Waals surface area contributed by atoms with Crippen LogP contribution < -0.4 is 5.73 Å². The van der Waals surface area contributed by atoms with Gasteiger partial charge in [-0.3, -0.25) is 4.79 Å². The quantitative estimate of drug-likeness (QED) is 0.471. The molecule has 0 fully saturated rings. The number of nitrogens with two attached hydrogens (primary N) is 1. The van der Waals surface area contributed by atoms with Gasteiger partial charge in [0.2, 0.25) is 0 Å². The maximum absolute atomic E-state index is 11.2. The summed E-state index contributed by atoms with van der Waals surface area (Å²) < 4.78 is 0. The minimum absolute atomic E-state index is 0.119. The largest absolute Gasteiger partial charge is 0.398 e. The summed E-state index contributed by atoms with van der Waals surface area (Å²) in [6, 6.07) is 9.95. The number of primary amides is 1. The first kappa shape index (κ1) is 15.7. The van der Waals surface area contributed by atoms with Crippen molar-refractivity contribution in [2.45, 2.75) is 19.8 Å². The van der Waals surface area contributed by atoms with Gasteiger partial charge in [0, 0.05) is 0 Å². The van der Waals surface area contributed by atoms with E-state index in [1.54, 1.807) is 6.08 Å². The summed E-state index contributed by atoms with van der Waals surface area (Å²) in [5.41, 5.74) is 7.45. The van der Waals surface area contributed by atoms with Crippen LogP contribution in [0.3, 0.4) is 0 Å². The Kier molecular flexibility index (Phi) is 6.82. The van der Waals surface area contributed by atoms with Crippen molar-refractivity contribution in [2.75, 3.05) is 7.11 Å². The Morgan fingerprint density at radius 1 is 1.35 bits per heavy atom. The molecule has 0 saturated carbocycles. The molecule has 106 valence electrons. The van der Waals surface area contributed by atoms with Crippen molar-refractivity contribution in [3.05, 3.63) is 53.6 Å². The smallest absolute Gasteiger partial charge is 0.270 e. The molecule has 0 aromatic heterocycles. The van der Waals surface area contributed by atoms with Crippen LogP contribution in [0.1, 0.15) is 25.3 Å². The lowest BCUT2D eigenvalue weighted by Gasteiger charge is -2.01. The third kappa shape index (κ3) is 5.52.